The van der Waals surface area contributed by atoms with E-state index in [9.17, 15) is 0 Å². The monoisotopic (exact) mass is 207 g/mol. The molecule has 0 aromatic rings. The van der Waals surface area contributed by atoms with Gasteiger partial charge in [0.15, 0.2) is 0 Å². The predicted molar refractivity (Wildman–Crippen MR) is 63.5 cm³/mol. The number of allylic oxidation sites excluding steroid dienone is 2. The molecule has 3 heteroatoms. The van der Waals surface area contributed by atoms with E-state index in [2.05, 4.69) is 53.4 Å². The molecule has 1 unspecified atom stereocenters. The zero-order chi connectivity index (χ0) is 10.7. The van der Waals surface area contributed by atoms with Crippen molar-refractivity contribution in [1.29, 1.82) is 0 Å². The Morgan fingerprint density at radius 2 is 1.93 bits per heavy atom. The van der Waals surface area contributed by atoms with Gasteiger partial charge in [0, 0.05) is 38.4 Å². The third-order valence-electron chi connectivity index (χ3n) is 3.08. The summed E-state index contributed by atoms with van der Waals surface area (Å²) >= 11 is 0. The molecule has 0 saturated carbocycles. The molecule has 2 aliphatic heterocycles. The summed E-state index contributed by atoms with van der Waals surface area (Å²) in [5.41, 5.74) is 0. The van der Waals surface area contributed by atoms with Crippen LogP contribution in [0.3, 0.4) is 0 Å². The molecule has 2 heterocycles. The van der Waals surface area contributed by atoms with Crippen LogP contribution >= 0.6 is 0 Å². The average molecular weight is 207 g/mol. The molecule has 2 aliphatic rings. The van der Waals surface area contributed by atoms with E-state index in [1.54, 1.807) is 0 Å². The summed E-state index contributed by atoms with van der Waals surface area (Å²) in [5, 5.41) is 3.40. The van der Waals surface area contributed by atoms with Gasteiger partial charge in [-0.05, 0) is 26.0 Å². The van der Waals surface area contributed by atoms with Crippen molar-refractivity contribution in [2.24, 2.45) is 0 Å². The van der Waals surface area contributed by atoms with E-state index in [0.29, 0.717) is 12.2 Å². The Balaban J connectivity index is 2.04. The highest BCUT2D eigenvalue weighted by atomic mass is 15.4. The highest BCUT2D eigenvalue weighted by Gasteiger charge is 2.24. The lowest BCUT2D eigenvalue weighted by atomic mass is 10.2. The van der Waals surface area contributed by atoms with Gasteiger partial charge < -0.3 is 10.2 Å². The fraction of sp³-hybridized carbons (Fsp3) is 0.667. The van der Waals surface area contributed by atoms with Crippen molar-refractivity contribution in [3.63, 3.8) is 0 Å². The third kappa shape index (κ3) is 2.41. The first-order valence-electron chi connectivity index (χ1n) is 5.86. The molecule has 1 saturated heterocycles. The van der Waals surface area contributed by atoms with E-state index in [1.165, 1.54) is 0 Å². The van der Waals surface area contributed by atoms with Crippen LogP contribution in [0.5, 0.6) is 0 Å². The maximum absolute atomic E-state index is 3.40. The lowest BCUT2D eigenvalue weighted by molar-refractivity contribution is 0.0787. The highest BCUT2D eigenvalue weighted by molar-refractivity contribution is 5.13. The van der Waals surface area contributed by atoms with Gasteiger partial charge in [0.2, 0.25) is 0 Å². The van der Waals surface area contributed by atoms with E-state index >= 15 is 0 Å². The molecule has 0 aromatic carbocycles. The lowest BCUT2D eigenvalue weighted by Gasteiger charge is -2.42. The Kier molecular flexibility index (Phi) is 3.44. The fourth-order valence-corrected chi connectivity index (χ4v) is 2.23. The molecule has 0 radical (unpaired) electrons. The first-order valence-corrected chi connectivity index (χ1v) is 5.86. The molecule has 3 nitrogen and oxygen atoms in total. The van der Waals surface area contributed by atoms with Crippen molar-refractivity contribution >= 4 is 0 Å². The molecule has 0 aromatic heterocycles. The number of piperazine rings is 1. The van der Waals surface area contributed by atoms with E-state index in [4.69, 9.17) is 0 Å². The number of hydrogen-bond donors (Lipinski definition) is 1. The summed E-state index contributed by atoms with van der Waals surface area (Å²) in [6, 6.07) is 0.561. The van der Waals surface area contributed by atoms with E-state index in [1.807, 2.05) is 0 Å². The fourth-order valence-electron chi connectivity index (χ4n) is 2.23. The van der Waals surface area contributed by atoms with Crippen LogP contribution in [0.1, 0.15) is 13.8 Å². The largest absolute Gasteiger partial charge is 0.356 e. The van der Waals surface area contributed by atoms with Crippen molar-refractivity contribution in [3.8, 4) is 0 Å². The van der Waals surface area contributed by atoms with E-state index in [-0.39, 0.29) is 0 Å². The second kappa shape index (κ2) is 4.81. The standard InChI is InChI=1S/C12H21N3/c1-11(2)15-8-4-3-5-12(15)14-9-6-13-7-10-14/h3-5,8,11-13H,6-7,9-10H2,1-2H3. The van der Waals surface area contributed by atoms with Gasteiger partial charge in [-0.2, -0.15) is 0 Å². The second-order valence-electron chi connectivity index (χ2n) is 4.47. The predicted octanol–water partition coefficient (Wildman–Crippen LogP) is 1.01. The van der Waals surface area contributed by atoms with Crippen molar-refractivity contribution in [2.45, 2.75) is 26.1 Å². The van der Waals surface area contributed by atoms with Gasteiger partial charge >= 0.3 is 0 Å². The number of hydrogen-bond acceptors (Lipinski definition) is 3. The summed E-state index contributed by atoms with van der Waals surface area (Å²) in [7, 11) is 0. The van der Waals surface area contributed by atoms with Gasteiger partial charge in [0.1, 0.15) is 6.17 Å². The minimum absolute atomic E-state index is 0.456. The van der Waals surface area contributed by atoms with Crippen molar-refractivity contribution < 1.29 is 0 Å². The van der Waals surface area contributed by atoms with Gasteiger partial charge in [-0.15, -0.1) is 0 Å². The molecule has 84 valence electrons. The molecule has 15 heavy (non-hydrogen) atoms. The molecule has 0 spiro atoms. The van der Waals surface area contributed by atoms with Crippen LogP contribution in [0.2, 0.25) is 0 Å². The zero-order valence-electron chi connectivity index (χ0n) is 9.69. The second-order valence-corrected chi connectivity index (χ2v) is 4.47. The van der Waals surface area contributed by atoms with Crippen LogP contribution < -0.4 is 5.32 Å². The van der Waals surface area contributed by atoms with Crippen LogP contribution in [0.25, 0.3) is 0 Å². The van der Waals surface area contributed by atoms with Crippen LogP contribution in [-0.4, -0.2) is 48.2 Å². The van der Waals surface area contributed by atoms with Gasteiger partial charge in [-0.25, -0.2) is 0 Å². The maximum atomic E-state index is 3.40. The normalized spacial score (nSPS) is 27.7. The van der Waals surface area contributed by atoms with Crippen LogP contribution in [0.15, 0.2) is 24.4 Å². The Labute approximate surface area is 92.4 Å². The summed E-state index contributed by atoms with van der Waals surface area (Å²) < 4.78 is 0. The number of nitrogens with one attached hydrogen (secondary N) is 1. The molecule has 0 amide bonds. The molecule has 0 bridgehead atoms. The molecule has 1 atom stereocenters. The molecular weight excluding hydrogens is 186 g/mol. The Bertz CT molecular complexity index is 252. The van der Waals surface area contributed by atoms with Crippen LogP contribution in [0, 0.1) is 0 Å². The van der Waals surface area contributed by atoms with E-state index < -0.39 is 0 Å². The van der Waals surface area contributed by atoms with Gasteiger partial charge in [-0.3, -0.25) is 4.90 Å². The highest BCUT2D eigenvalue weighted by Crippen LogP contribution is 2.16. The minimum Gasteiger partial charge on any atom is -0.356 e. The summed E-state index contributed by atoms with van der Waals surface area (Å²) in [5.74, 6) is 0. The van der Waals surface area contributed by atoms with Gasteiger partial charge in [0.25, 0.3) is 0 Å². The van der Waals surface area contributed by atoms with Gasteiger partial charge in [-0.1, -0.05) is 6.08 Å². The molecule has 2 rings (SSSR count). The Morgan fingerprint density at radius 1 is 1.20 bits per heavy atom. The van der Waals surface area contributed by atoms with Crippen molar-refractivity contribution in [3.05, 3.63) is 24.4 Å². The molecular formula is C12H21N3. The molecule has 1 fully saturated rings. The summed E-state index contributed by atoms with van der Waals surface area (Å²) in [4.78, 5) is 4.96. The summed E-state index contributed by atoms with van der Waals surface area (Å²) in [6.45, 7) is 9.01. The van der Waals surface area contributed by atoms with E-state index in [0.717, 1.165) is 26.2 Å². The molecule has 1 N–H and O–H groups in total. The number of rotatable bonds is 2. The smallest absolute Gasteiger partial charge is 0.101 e. The molecule has 0 aliphatic carbocycles. The van der Waals surface area contributed by atoms with Crippen molar-refractivity contribution in [2.75, 3.05) is 26.2 Å². The quantitative estimate of drug-likeness (QED) is 0.729. The first-order chi connectivity index (χ1) is 7.29. The lowest BCUT2D eigenvalue weighted by Crippen LogP contribution is -2.54. The average Bonchev–Trinajstić information content (AvgIpc) is 2.30. The zero-order valence-corrected chi connectivity index (χ0v) is 9.69. The third-order valence-corrected chi connectivity index (χ3v) is 3.08. The van der Waals surface area contributed by atoms with Crippen molar-refractivity contribution in [1.82, 2.24) is 15.1 Å². The minimum atomic E-state index is 0.456. The van der Waals surface area contributed by atoms with Crippen LogP contribution in [-0.2, 0) is 0 Å². The van der Waals surface area contributed by atoms with Gasteiger partial charge in [0.05, 0.1) is 0 Å². The first kappa shape index (κ1) is 10.7. The topological polar surface area (TPSA) is 18.5 Å². The summed E-state index contributed by atoms with van der Waals surface area (Å²) in [6.07, 6.45) is 9.24. The Hall–Kier alpha value is -0.800. The SMILES string of the molecule is CC(C)N1C=CC=CC1N1CCNCC1. The number of nitrogens with zero attached hydrogens (tertiary/aromatic N) is 2. The Morgan fingerprint density at radius 3 is 2.60 bits per heavy atom. The van der Waals surface area contributed by atoms with Crippen LogP contribution in [0.4, 0.5) is 0 Å². The maximum Gasteiger partial charge on any atom is 0.101 e.